The molecule has 4 N–H and O–H groups in total. The molecule has 0 aliphatic heterocycles. The highest BCUT2D eigenvalue weighted by molar-refractivity contribution is 5.68. The van der Waals surface area contributed by atoms with Crippen molar-refractivity contribution in [3.63, 3.8) is 0 Å². The van der Waals surface area contributed by atoms with Gasteiger partial charge in [-0.3, -0.25) is 4.79 Å². The lowest BCUT2D eigenvalue weighted by atomic mass is 10.1. The van der Waals surface area contributed by atoms with Crippen LogP contribution < -0.4 is 11.6 Å². The Morgan fingerprint density at radius 3 is 2.08 bits per heavy atom. The van der Waals surface area contributed by atoms with Crippen LogP contribution in [0.4, 0.5) is 0 Å². The molecule has 0 radical (unpaired) electrons. The van der Waals surface area contributed by atoms with E-state index in [0.717, 1.165) is 32.2 Å². The molecule has 4 nitrogen and oxygen atoms in total. The van der Waals surface area contributed by atoms with Gasteiger partial charge in [0, 0.05) is 6.42 Å². The Labute approximate surface area is 79.6 Å². The first-order valence-electron chi connectivity index (χ1n) is 4.91. The van der Waals surface area contributed by atoms with E-state index in [0.29, 0.717) is 6.42 Å². The maximum Gasteiger partial charge on any atom is 0.324 e. The zero-order valence-electron chi connectivity index (χ0n) is 8.13. The minimum atomic E-state index is -0.318. The van der Waals surface area contributed by atoms with Gasteiger partial charge in [-0.05, 0) is 19.4 Å². The molecule has 0 saturated carbocycles. The van der Waals surface area contributed by atoms with Crippen LogP contribution in [0.5, 0.6) is 0 Å². The largest absolute Gasteiger partial charge is 0.373 e. The molecule has 13 heavy (non-hydrogen) atoms. The first-order valence-corrected chi connectivity index (χ1v) is 4.91. The molecule has 0 amide bonds. The summed E-state index contributed by atoms with van der Waals surface area (Å²) in [5.74, 6) is 4.37. The Morgan fingerprint density at radius 2 is 1.54 bits per heavy atom. The molecule has 0 aliphatic carbocycles. The van der Waals surface area contributed by atoms with Crippen molar-refractivity contribution >= 4 is 5.97 Å². The van der Waals surface area contributed by atoms with Gasteiger partial charge >= 0.3 is 5.97 Å². The van der Waals surface area contributed by atoms with E-state index in [9.17, 15) is 4.79 Å². The van der Waals surface area contributed by atoms with E-state index in [2.05, 4.69) is 10.7 Å². The molecular formula is C9H20N2O2. The SMILES string of the molecule is NCCCCCCCCC(=O)ON. The summed E-state index contributed by atoms with van der Waals surface area (Å²) in [6.07, 6.45) is 7.04. The van der Waals surface area contributed by atoms with Crippen LogP contribution in [0.1, 0.15) is 44.9 Å². The molecule has 78 valence electrons. The van der Waals surface area contributed by atoms with Crippen LogP contribution in [0.25, 0.3) is 0 Å². The fourth-order valence-corrected chi connectivity index (χ4v) is 1.18. The van der Waals surface area contributed by atoms with Crippen molar-refractivity contribution in [3.8, 4) is 0 Å². The molecule has 0 heterocycles. The van der Waals surface area contributed by atoms with Crippen molar-refractivity contribution in [2.45, 2.75) is 44.9 Å². The zero-order valence-corrected chi connectivity index (χ0v) is 8.13. The Balaban J connectivity index is 2.95. The van der Waals surface area contributed by atoms with Gasteiger partial charge in [-0.25, -0.2) is 0 Å². The van der Waals surface area contributed by atoms with Crippen LogP contribution in [0.15, 0.2) is 0 Å². The second-order valence-corrected chi connectivity index (χ2v) is 3.15. The number of hydrogen-bond acceptors (Lipinski definition) is 4. The van der Waals surface area contributed by atoms with Gasteiger partial charge in [-0.2, -0.15) is 5.90 Å². The molecule has 0 aromatic rings. The smallest absolute Gasteiger partial charge is 0.324 e. The predicted octanol–water partition coefficient (Wildman–Crippen LogP) is 1.09. The molecule has 4 heteroatoms. The lowest BCUT2D eigenvalue weighted by Gasteiger charge is -1.99. The summed E-state index contributed by atoms with van der Waals surface area (Å²) in [7, 11) is 0. The van der Waals surface area contributed by atoms with Gasteiger partial charge < -0.3 is 10.6 Å². The Hall–Kier alpha value is -0.610. The van der Waals surface area contributed by atoms with Gasteiger partial charge in [0.2, 0.25) is 0 Å². The summed E-state index contributed by atoms with van der Waals surface area (Å²) in [5, 5.41) is 0. The van der Waals surface area contributed by atoms with Gasteiger partial charge in [0.25, 0.3) is 0 Å². The molecule has 0 bridgehead atoms. The number of rotatable bonds is 8. The molecule has 0 saturated heterocycles. The number of unbranched alkanes of at least 4 members (excludes halogenated alkanes) is 5. The average Bonchev–Trinajstić information content (AvgIpc) is 2.16. The Morgan fingerprint density at radius 1 is 1.00 bits per heavy atom. The maximum atomic E-state index is 10.6. The van der Waals surface area contributed by atoms with Gasteiger partial charge in [-0.1, -0.05) is 25.7 Å². The quantitative estimate of drug-likeness (QED) is 0.441. The van der Waals surface area contributed by atoms with Crippen molar-refractivity contribution in [1.82, 2.24) is 0 Å². The third-order valence-corrected chi connectivity index (χ3v) is 1.97. The third kappa shape index (κ3) is 9.30. The lowest BCUT2D eigenvalue weighted by molar-refractivity contribution is -0.144. The topological polar surface area (TPSA) is 78.3 Å². The van der Waals surface area contributed by atoms with Crippen LogP contribution in [-0.4, -0.2) is 12.5 Å². The summed E-state index contributed by atoms with van der Waals surface area (Å²) in [6.45, 7) is 0.777. The third-order valence-electron chi connectivity index (χ3n) is 1.97. The predicted molar refractivity (Wildman–Crippen MR) is 51.7 cm³/mol. The second-order valence-electron chi connectivity index (χ2n) is 3.15. The second kappa shape index (κ2) is 9.48. The summed E-state index contributed by atoms with van der Waals surface area (Å²) in [5.41, 5.74) is 5.35. The molecule has 0 fully saturated rings. The molecule has 0 atom stereocenters. The fraction of sp³-hybridized carbons (Fsp3) is 0.889. The van der Waals surface area contributed by atoms with E-state index in [1.807, 2.05) is 0 Å². The van der Waals surface area contributed by atoms with E-state index in [1.165, 1.54) is 12.8 Å². The maximum absolute atomic E-state index is 10.6. The number of carbonyl (C=O) groups excluding carboxylic acids is 1. The highest BCUT2D eigenvalue weighted by atomic mass is 16.7. The van der Waals surface area contributed by atoms with Crippen LogP contribution in [-0.2, 0) is 9.63 Å². The van der Waals surface area contributed by atoms with Gasteiger partial charge in [0.05, 0.1) is 0 Å². The lowest BCUT2D eigenvalue weighted by Crippen LogP contribution is -2.08. The van der Waals surface area contributed by atoms with Crippen molar-refractivity contribution in [2.24, 2.45) is 11.6 Å². The highest BCUT2D eigenvalue weighted by Crippen LogP contribution is 2.06. The fourth-order valence-electron chi connectivity index (χ4n) is 1.18. The zero-order chi connectivity index (χ0) is 9.94. The molecule has 0 rings (SSSR count). The van der Waals surface area contributed by atoms with E-state index in [1.54, 1.807) is 0 Å². The normalized spacial score (nSPS) is 10.0. The standard InChI is InChI=1S/C9H20N2O2/c10-8-6-4-2-1-3-5-7-9(12)13-11/h1-8,10-11H2. The molecule has 0 aromatic carbocycles. The van der Waals surface area contributed by atoms with Gasteiger partial charge in [-0.15, -0.1) is 0 Å². The van der Waals surface area contributed by atoms with Crippen LogP contribution in [0.3, 0.4) is 0 Å². The van der Waals surface area contributed by atoms with E-state index in [-0.39, 0.29) is 5.97 Å². The van der Waals surface area contributed by atoms with Crippen molar-refractivity contribution in [2.75, 3.05) is 6.54 Å². The minimum Gasteiger partial charge on any atom is -0.373 e. The molecule has 0 aromatic heterocycles. The van der Waals surface area contributed by atoms with Crippen molar-refractivity contribution in [3.05, 3.63) is 0 Å². The van der Waals surface area contributed by atoms with Crippen molar-refractivity contribution in [1.29, 1.82) is 0 Å². The van der Waals surface area contributed by atoms with E-state index < -0.39 is 0 Å². The number of hydrogen-bond donors (Lipinski definition) is 2. The Kier molecular flexibility index (Phi) is 9.03. The monoisotopic (exact) mass is 188 g/mol. The Bertz CT molecular complexity index is 129. The minimum absolute atomic E-state index is 0.318. The molecule has 0 spiro atoms. The van der Waals surface area contributed by atoms with E-state index >= 15 is 0 Å². The summed E-state index contributed by atoms with van der Waals surface area (Å²) in [6, 6.07) is 0. The molecule has 0 unspecified atom stereocenters. The number of nitrogens with two attached hydrogens (primary N) is 2. The van der Waals surface area contributed by atoms with Crippen molar-refractivity contribution < 1.29 is 9.63 Å². The summed E-state index contributed by atoms with van der Waals surface area (Å²) >= 11 is 0. The molecule has 0 aliphatic rings. The first-order chi connectivity index (χ1) is 6.31. The molecular weight excluding hydrogens is 168 g/mol. The van der Waals surface area contributed by atoms with E-state index in [4.69, 9.17) is 5.73 Å². The summed E-state index contributed by atoms with van der Waals surface area (Å²) in [4.78, 5) is 14.6. The average molecular weight is 188 g/mol. The van der Waals surface area contributed by atoms with Crippen LogP contribution in [0.2, 0.25) is 0 Å². The first kappa shape index (κ1) is 12.4. The highest BCUT2D eigenvalue weighted by Gasteiger charge is 1.99. The van der Waals surface area contributed by atoms with Crippen LogP contribution in [0, 0.1) is 0 Å². The number of carbonyl (C=O) groups is 1. The van der Waals surface area contributed by atoms with Gasteiger partial charge in [0.1, 0.15) is 0 Å². The summed E-state index contributed by atoms with van der Waals surface area (Å²) < 4.78 is 0. The van der Waals surface area contributed by atoms with Crippen LogP contribution >= 0.6 is 0 Å². The van der Waals surface area contributed by atoms with Gasteiger partial charge in [0.15, 0.2) is 0 Å².